The lowest BCUT2D eigenvalue weighted by atomic mass is 10.1. The number of aryl methyl sites for hydroxylation is 1. The van der Waals surface area contributed by atoms with Crippen molar-refractivity contribution in [2.45, 2.75) is 39.7 Å². The van der Waals surface area contributed by atoms with E-state index in [1.807, 2.05) is 17.5 Å². The summed E-state index contributed by atoms with van der Waals surface area (Å²) in [4.78, 5) is 37.3. The van der Waals surface area contributed by atoms with Crippen LogP contribution in [0, 0.1) is 12.7 Å². The summed E-state index contributed by atoms with van der Waals surface area (Å²) >= 11 is 1.47. The van der Waals surface area contributed by atoms with Gasteiger partial charge >= 0.3 is 0 Å². The smallest absolute Gasteiger partial charge is 0.272 e. The molecule has 0 bridgehead atoms. The molecule has 7 nitrogen and oxygen atoms in total. The summed E-state index contributed by atoms with van der Waals surface area (Å²) in [7, 11) is 0. The summed E-state index contributed by atoms with van der Waals surface area (Å²) in [6.07, 6.45) is 2.46. The highest BCUT2D eigenvalue weighted by Crippen LogP contribution is 2.21. The Morgan fingerprint density at radius 3 is 2.74 bits per heavy atom. The molecule has 1 amide bonds. The third kappa shape index (κ3) is 4.13. The summed E-state index contributed by atoms with van der Waals surface area (Å²) in [6.45, 7) is 4.03. The molecule has 3 heterocycles. The van der Waals surface area contributed by atoms with Crippen LogP contribution in [0.2, 0.25) is 0 Å². The molecule has 0 saturated carbocycles. The first-order valence-corrected chi connectivity index (χ1v) is 10.9. The number of unbranched alkanes of at least 4 members (excludes halogenated alkanes) is 1. The fourth-order valence-electron chi connectivity index (χ4n) is 3.39. The number of anilines is 1. The van der Waals surface area contributed by atoms with Crippen molar-refractivity contribution in [3.63, 3.8) is 0 Å². The van der Waals surface area contributed by atoms with Gasteiger partial charge in [0.05, 0.1) is 17.8 Å². The predicted molar refractivity (Wildman–Crippen MR) is 118 cm³/mol. The molecule has 0 aliphatic carbocycles. The van der Waals surface area contributed by atoms with E-state index < -0.39 is 11.7 Å². The second-order valence-corrected chi connectivity index (χ2v) is 8.25. The van der Waals surface area contributed by atoms with Gasteiger partial charge in [0.15, 0.2) is 0 Å². The molecule has 0 aliphatic heterocycles. The molecule has 9 heteroatoms. The Labute approximate surface area is 182 Å². The molecule has 0 fully saturated rings. The number of fused-ring (bicyclic) bond motifs is 1. The van der Waals surface area contributed by atoms with E-state index in [1.54, 1.807) is 13.0 Å². The van der Waals surface area contributed by atoms with E-state index in [9.17, 15) is 14.0 Å². The SMILES string of the molecule is CCCCc1c(C)nc2nc(N(Cc3cccs3)C(=O)c3ccccc3F)[nH]n2c1=O. The highest BCUT2D eigenvalue weighted by molar-refractivity contribution is 7.09. The third-order valence-corrected chi connectivity index (χ3v) is 5.92. The standard InChI is InChI=1S/C22H22FN5O2S/c1-3-4-9-16-14(2)24-21-25-22(26-28(21)20(16)30)27(13-15-8-7-12-31-15)19(29)17-10-5-6-11-18(17)23/h5-8,10-12H,3-4,9,13H2,1-2H3,(H,24,25,26). The summed E-state index contributed by atoms with van der Waals surface area (Å²) in [5.74, 6) is -0.858. The van der Waals surface area contributed by atoms with Crippen molar-refractivity contribution in [2.75, 3.05) is 4.90 Å². The van der Waals surface area contributed by atoms with Gasteiger partial charge in [0.1, 0.15) is 5.82 Å². The lowest BCUT2D eigenvalue weighted by Crippen LogP contribution is -2.32. The topological polar surface area (TPSA) is 83.4 Å². The van der Waals surface area contributed by atoms with E-state index in [1.165, 1.54) is 39.0 Å². The lowest BCUT2D eigenvalue weighted by Gasteiger charge is -2.19. The maximum absolute atomic E-state index is 14.3. The van der Waals surface area contributed by atoms with Crippen LogP contribution in [0.15, 0.2) is 46.6 Å². The summed E-state index contributed by atoms with van der Waals surface area (Å²) < 4.78 is 15.6. The van der Waals surface area contributed by atoms with Crippen molar-refractivity contribution in [3.8, 4) is 0 Å². The molecule has 0 atom stereocenters. The largest absolute Gasteiger partial charge is 0.277 e. The Hall–Kier alpha value is -3.33. The number of carbonyl (C=O) groups excluding carboxylic acids is 1. The molecule has 4 rings (SSSR count). The normalized spacial score (nSPS) is 11.2. The number of thiophene rings is 1. The van der Waals surface area contributed by atoms with Gasteiger partial charge in [-0.25, -0.2) is 9.37 Å². The Morgan fingerprint density at radius 2 is 2.03 bits per heavy atom. The molecule has 1 N–H and O–H groups in total. The van der Waals surface area contributed by atoms with Crippen molar-refractivity contribution in [3.05, 3.63) is 79.6 Å². The zero-order valence-electron chi connectivity index (χ0n) is 17.3. The van der Waals surface area contributed by atoms with E-state index >= 15 is 0 Å². The van der Waals surface area contributed by atoms with Gasteiger partial charge < -0.3 is 0 Å². The first-order valence-electron chi connectivity index (χ1n) is 10.1. The van der Waals surface area contributed by atoms with Crippen LogP contribution in [0.5, 0.6) is 0 Å². The highest BCUT2D eigenvalue weighted by Gasteiger charge is 2.25. The zero-order valence-corrected chi connectivity index (χ0v) is 18.1. The second kappa shape index (κ2) is 8.81. The highest BCUT2D eigenvalue weighted by atomic mass is 32.1. The Bertz CT molecular complexity index is 1280. The average molecular weight is 440 g/mol. The molecular weight excluding hydrogens is 417 g/mol. The van der Waals surface area contributed by atoms with Crippen molar-refractivity contribution in [2.24, 2.45) is 0 Å². The van der Waals surface area contributed by atoms with Crippen LogP contribution in [0.3, 0.4) is 0 Å². The Kier molecular flexibility index (Phi) is 5.94. The van der Waals surface area contributed by atoms with Gasteiger partial charge in [-0.1, -0.05) is 31.5 Å². The molecule has 4 aromatic rings. The van der Waals surface area contributed by atoms with Crippen LogP contribution in [-0.4, -0.2) is 25.5 Å². The van der Waals surface area contributed by atoms with Crippen LogP contribution in [0.1, 0.15) is 46.3 Å². The monoisotopic (exact) mass is 439 g/mol. The maximum atomic E-state index is 14.3. The van der Waals surface area contributed by atoms with Gasteiger partial charge in [0.2, 0.25) is 5.95 Å². The van der Waals surface area contributed by atoms with Gasteiger partial charge in [-0.3, -0.25) is 19.6 Å². The minimum atomic E-state index is -0.618. The molecule has 1 aromatic carbocycles. The third-order valence-electron chi connectivity index (χ3n) is 5.06. The summed E-state index contributed by atoms with van der Waals surface area (Å²) in [5.41, 5.74) is 0.949. The van der Waals surface area contributed by atoms with Crippen LogP contribution in [-0.2, 0) is 13.0 Å². The Morgan fingerprint density at radius 1 is 1.23 bits per heavy atom. The molecule has 0 spiro atoms. The van der Waals surface area contributed by atoms with Gasteiger partial charge in [0, 0.05) is 10.4 Å². The van der Waals surface area contributed by atoms with Crippen LogP contribution in [0.25, 0.3) is 5.78 Å². The van der Waals surface area contributed by atoms with E-state index in [2.05, 4.69) is 22.0 Å². The van der Waals surface area contributed by atoms with Crippen molar-refractivity contribution < 1.29 is 9.18 Å². The number of hydrogen-bond acceptors (Lipinski definition) is 5. The zero-order chi connectivity index (χ0) is 22.0. The van der Waals surface area contributed by atoms with Crippen LogP contribution < -0.4 is 10.5 Å². The molecule has 160 valence electrons. The van der Waals surface area contributed by atoms with Crippen molar-refractivity contribution in [1.82, 2.24) is 19.6 Å². The van der Waals surface area contributed by atoms with Crippen LogP contribution in [0.4, 0.5) is 10.3 Å². The van der Waals surface area contributed by atoms with E-state index in [4.69, 9.17) is 0 Å². The quantitative estimate of drug-likeness (QED) is 0.470. The number of benzene rings is 1. The number of amides is 1. The molecule has 0 saturated heterocycles. The minimum absolute atomic E-state index is 0.0698. The number of hydrogen-bond donors (Lipinski definition) is 1. The summed E-state index contributed by atoms with van der Waals surface area (Å²) in [5, 5.41) is 4.81. The number of H-pyrrole nitrogens is 1. The van der Waals surface area contributed by atoms with E-state index in [-0.39, 0.29) is 29.4 Å². The number of rotatable bonds is 7. The molecular formula is C22H22FN5O2S. The number of halogens is 1. The van der Waals surface area contributed by atoms with Crippen molar-refractivity contribution >= 4 is 29.0 Å². The molecule has 0 radical (unpaired) electrons. The van der Waals surface area contributed by atoms with E-state index in [0.29, 0.717) is 17.7 Å². The van der Waals surface area contributed by atoms with Gasteiger partial charge in [-0.2, -0.15) is 9.50 Å². The first-order chi connectivity index (χ1) is 15.0. The number of nitrogens with zero attached hydrogens (tertiary/aromatic N) is 4. The van der Waals surface area contributed by atoms with Gasteiger partial charge in [0.25, 0.3) is 17.2 Å². The summed E-state index contributed by atoms with van der Waals surface area (Å²) in [6, 6.07) is 9.56. The van der Waals surface area contributed by atoms with E-state index in [0.717, 1.165) is 17.7 Å². The lowest BCUT2D eigenvalue weighted by molar-refractivity contribution is 0.0980. The fraction of sp³-hybridized carbons (Fsp3) is 0.273. The minimum Gasteiger partial charge on any atom is -0.272 e. The number of aromatic nitrogens is 4. The first kappa shape index (κ1) is 20.9. The molecule has 0 aliphatic rings. The second-order valence-electron chi connectivity index (χ2n) is 7.22. The number of nitrogens with one attached hydrogen (secondary N) is 1. The van der Waals surface area contributed by atoms with Gasteiger partial charge in [-0.15, -0.1) is 11.3 Å². The molecule has 31 heavy (non-hydrogen) atoms. The Balaban J connectivity index is 1.81. The maximum Gasteiger partial charge on any atom is 0.277 e. The fourth-order valence-corrected chi connectivity index (χ4v) is 4.08. The van der Waals surface area contributed by atoms with Gasteiger partial charge in [-0.05, 0) is 43.3 Å². The number of carbonyl (C=O) groups is 1. The van der Waals surface area contributed by atoms with Crippen molar-refractivity contribution in [1.29, 1.82) is 0 Å². The average Bonchev–Trinajstić information content (AvgIpc) is 3.41. The number of aromatic amines is 1. The van der Waals surface area contributed by atoms with Crippen LogP contribution >= 0.6 is 11.3 Å². The predicted octanol–water partition coefficient (Wildman–Crippen LogP) is 4.12. The molecule has 3 aromatic heterocycles. The molecule has 0 unspecified atom stereocenters.